The molecule has 0 aliphatic carbocycles. The lowest BCUT2D eigenvalue weighted by molar-refractivity contribution is -0.154. The van der Waals surface area contributed by atoms with Gasteiger partial charge >= 0.3 is 5.97 Å². The average Bonchev–Trinajstić information content (AvgIpc) is 3.08. The van der Waals surface area contributed by atoms with Crippen molar-refractivity contribution in [2.45, 2.75) is 19.4 Å². The van der Waals surface area contributed by atoms with Crippen LogP contribution in [-0.4, -0.2) is 31.1 Å². The fraction of sp³-hybridized carbons (Fsp3) is 0.294. The van der Waals surface area contributed by atoms with E-state index in [1.807, 2.05) is 17.5 Å². The SMILES string of the molecule is C[C@@H](Oc1ccc(Cl)cc1Cl)C(=O)OCC(=O)NCCc1cccs1. The number of rotatable bonds is 8. The summed E-state index contributed by atoms with van der Waals surface area (Å²) in [5.74, 6) is -0.697. The highest BCUT2D eigenvalue weighted by Crippen LogP contribution is 2.28. The highest BCUT2D eigenvalue weighted by atomic mass is 35.5. The Kier molecular flexibility index (Phi) is 7.55. The molecule has 1 heterocycles. The molecule has 2 rings (SSSR count). The number of esters is 1. The second kappa shape index (κ2) is 9.65. The predicted molar refractivity (Wildman–Crippen MR) is 98.5 cm³/mol. The van der Waals surface area contributed by atoms with Crippen LogP contribution in [0.1, 0.15) is 11.8 Å². The third kappa shape index (κ3) is 6.57. The Hall–Kier alpha value is -1.76. The first kappa shape index (κ1) is 19.6. The zero-order chi connectivity index (χ0) is 18.2. The smallest absolute Gasteiger partial charge is 0.347 e. The molecule has 0 radical (unpaired) electrons. The Morgan fingerprint density at radius 3 is 2.76 bits per heavy atom. The zero-order valence-corrected chi connectivity index (χ0v) is 15.8. The minimum atomic E-state index is -0.905. The number of hydrogen-bond donors (Lipinski definition) is 1. The van der Waals surface area contributed by atoms with Crippen molar-refractivity contribution in [1.82, 2.24) is 5.32 Å². The molecule has 8 heteroatoms. The van der Waals surface area contributed by atoms with Crippen LogP contribution in [0.4, 0.5) is 0 Å². The van der Waals surface area contributed by atoms with E-state index in [9.17, 15) is 9.59 Å². The monoisotopic (exact) mass is 401 g/mol. The summed E-state index contributed by atoms with van der Waals surface area (Å²) < 4.78 is 10.4. The third-order valence-corrected chi connectivity index (χ3v) is 4.62. The lowest BCUT2D eigenvalue weighted by Crippen LogP contribution is -2.33. The van der Waals surface area contributed by atoms with E-state index in [1.54, 1.807) is 23.5 Å². The van der Waals surface area contributed by atoms with Gasteiger partial charge in [0.2, 0.25) is 0 Å². The maximum absolute atomic E-state index is 11.9. The Balaban J connectivity index is 1.70. The number of benzene rings is 1. The first-order chi connectivity index (χ1) is 12.0. The summed E-state index contributed by atoms with van der Waals surface area (Å²) in [4.78, 5) is 24.8. The van der Waals surface area contributed by atoms with E-state index >= 15 is 0 Å². The summed E-state index contributed by atoms with van der Waals surface area (Å²) in [5.41, 5.74) is 0. The molecule has 0 saturated carbocycles. The summed E-state index contributed by atoms with van der Waals surface area (Å²) in [5, 5.41) is 5.43. The molecular weight excluding hydrogens is 385 g/mol. The predicted octanol–water partition coefficient (Wildman–Crippen LogP) is 3.72. The second-order valence-corrected chi connectivity index (χ2v) is 7.00. The van der Waals surface area contributed by atoms with E-state index in [2.05, 4.69) is 5.32 Å². The molecule has 25 heavy (non-hydrogen) atoms. The van der Waals surface area contributed by atoms with Crippen LogP contribution in [0.2, 0.25) is 10.0 Å². The van der Waals surface area contributed by atoms with Gasteiger partial charge < -0.3 is 14.8 Å². The average molecular weight is 402 g/mol. The molecule has 0 fully saturated rings. The molecule has 1 atom stereocenters. The van der Waals surface area contributed by atoms with Crippen LogP contribution in [0.3, 0.4) is 0 Å². The molecule has 2 aromatic rings. The first-order valence-corrected chi connectivity index (χ1v) is 9.16. The van der Waals surface area contributed by atoms with Gasteiger partial charge in [-0.15, -0.1) is 11.3 Å². The van der Waals surface area contributed by atoms with E-state index in [0.29, 0.717) is 22.3 Å². The highest BCUT2D eigenvalue weighted by molar-refractivity contribution is 7.09. The quantitative estimate of drug-likeness (QED) is 0.684. The van der Waals surface area contributed by atoms with Gasteiger partial charge in [-0.1, -0.05) is 29.3 Å². The van der Waals surface area contributed by atoms with Crippen LogP contribution in [0, 0.1) is 0 Å². The summed E-state index contributed by atoms with van der Waals surface area (Å²) >= 11 is 13.4. The number of ether oxygens (including phenoxy) is 2. The van der Waals surface area contributed by atoms with Gasteiger partial charge in [0.05, 0.1) is 5.02 Å². The van der Waals surface area contributed by atoms with Crippen molar-refractivity contribution in [1.29, 1.82) is 0 Å². The fourth-order valence-electron chi connectivity index (χ4n) is 1.89. The van der Waals surface area contributed by atoms with Gasteiger partial charge in [-0.25, -0.2) is 4.79 Å². The maximum Gasteiger partial charge on any atom is 0.347 e. The van der Waals surface area contributed by atoms with Crippen LogP contribution in [0.5, 0.6) is 5.75 Å². The molecular formula is C17H17Cl2NO4S. The van der Waals surface area contributed by atoms with Crippen molar-refractivity contribution < 1.29 is 19.1 Å². The van der Waals surface area contributed by atoms with Crippen molar-refractivity contribution in [3.8, 4) is 5.75 Å². The summed E-state index contributed by atoms with van der Waals surface area (Å²) in [6.07, 6.45) is -0.163. The first-order valence-electron chi connectivity index (χ1n) is 7.53. The van der Waals surface area contributed by atoms with Crippen LogP contribution < -0.4 is 10.1 Å². The number of halogens is 2. The maximum atomic E-state index is 11.9. The topological polar surface area (TPSA) is 64.6 Å². The number of hydrogen-bond acceptors (Lipinski definition) is 5. The molecule has 0 saturated heterocycles. The minimum absolute atomic E-state index is 0.290. The largest absolute Gasteiger partial charge is 0.477 e. The van der Waals surface area contributed by atoms with Crippen molar-refractivity contribution in [2.75, 3.05) is 13.2 Å². The van der Waals surface area contributed by atoms with Gasteiger partial charge in [0.1, 0.15) is 5.75 Å². The van der Waals surface area contributed by atoms with Gasteiger partial charge in [-0.3, -0.25) is 4.79 Å². The lowest BCUT2D eigenvalue weighted by atomic mass is 10.3. The number of nitrogens with one attached hydrogen (secondary N) is 1. The number of thiophene rings is 1. The fourth-order valence-corrected chi connectivity index (χ4v) is 3.06. The van der Waals surface area contributed by atoms with Crippen molar-refractivity contribution in [3.05, 3.63) is 50.6 Å². The minimum Gasteiger partial charge on any atom is -0.477 e. The van der Waals surface area contributed by atoms with Gasteiger partial charge in [0.25, 0.3) is 5.91 Å². The molecule has 1 N–H and O–H groups in total. The van der Waals surface area contributed by atoms with Crippen molar-refractivity contribution >= 4 is 46.4 Å². The van der Waals surface area contributed by atoms with Crippen LogP contribution in [0.15, 0.2) is 35.7 Å². The Bertz CT molecular complexity index is 721. The molecule has 0 aliphatic heterocycles. The normalized spacial score (nSPS) is 11.6. The Labute approximate surface area is 159 Å². The summed E-state index contributed by atoms with van der Waals surface area (Å²) in [7, 11) is 0. The van der Waals surface area contributed by atoms with Gasteiger partial charge in [-0.05, 0) is 43.0 Å². The van der Waals surface area contributed by atoms with Crippen LogP contribution in [-0.2, 0) is 20.7 Å². The molecule has 0 spiro atoms. The Morgan fingerprint density at radius 1 is 1.28 bits per heavy atom. The molecule has 1 aromatic carbocycles. The zero-order valence-electron chi connectivity index (χ0n) is 13.5. The van der Waals surface area contributed by atoms with E-state index in [-0.39, 0.29) is 12.5 Å². The third-order valence-electron chi connectivity index (χ3n) is 3.15. The number of carbonyl (C=O) groups is 2. The Morgan fingerprint density at radius 2 is 2.08 bits per heavy atom. The summed E-state index contributed by atoms with van der Waals surface area (Å²) in [6, 6.07) is 8.63. The molecule has 0 unspecified atom stereocenters. The molecule has 0 bridgehead atoms. The summed E-state index contributed by atoms with van der Waals surface area (Å²) in [6.45, 7) is 1.65. The van der Waals surface area contributed by atoms with E-state index in [4.69, 9.17) is 32.7 Å². The molecule has 0 aliphatic rings. The van der Waals surface area contributed by atoms with E-state index in [0.717, 1.165) is 6.42 Å². The molecule has 1 amide bonds. The number of carbonyl (C=O) groups excluding carboxylic acids is 2. The van der Waals surface area contributed by atoms with E-state index in [1.165, 1.54) is 17.9 Å². The second-order valence-electron chi connectivity index (χ2n) is 5.12. The standard InChI is InChI=1S/C17H17Cl2NO4S/c1-11(24-15-5-4-12(18)9-14(15)19)17(22)23-10-16(21)20-7-6-13-3-2-8-25-13/h2-5,8-9,11H,6-7,10H2,1H3,(H,20,21)/t11-/m1/s1. The highest BCUT2D eigenvalue weighted by Gasteiger charge is 2.19. The van der Waals surface area contributed by atoms with Crippen molar-refractivity contribution in [2.24, 2.45) is 0 Å². The lowest BCUT2D eigenvalue weighted by Gasteiger charge is -2.15. The molecule has 5 nitrogen and oxygen atoms in total. The number of amides is 1. The van der Waals surface area contributed by atoms with Gasteiger partial charge in [0, 0.05) is 16.4 Å². The van der Waals surface area contributed by atoms with Crippen LogP contribution in [0.25, 0.3) is 0 Å². The van der Waals surface area contributed by atoms with Gasteiger partial charge in [-0.2, -0.15) is 0 Å². The van der Waals surface area contributed by atoms with Gasteiger partial charge in [0.15, 0.2) is 12.7 Å². The molecule has 1 aromatic heterocycles. The molecule has 134 valence electrons. The van der Waals surface area contributed by atoms with Crippen molar-refractivity contribution in [3.63, 3.8) is 0 Å². The van der Waals surface area contributed by atoms with E-state index < -0.39 is 12.1 Å². The van der Waals surface area contributed by atoms with Crippen LogP contribution >= 0.6 is 34.5 Å².